The summed E-state index contributed by atoms with van der Waals surface area (Å²) in [4.78, 5) is 19.6. The minimum Gasteiger partial charge on any atom is -0.284 e. The van der Waals surface area contributed by atoms with Gasteiger partial charge >= 0.3 is 0 Å². The third-order valence-electron chi connectivity index (χ3n) is 7.08. The molecule has 0 aliphatic rings. The Hall–Kier alpha value is -4.70. The van der Waals surface area contributed by atoms with E-state index in [1.807, 2.05) is 61.8 Å². The second-order valence-electron chi connectivity index (χ2n) is 9.66. The highest BCUT2D eigenvalue weighted by Gasteiger charge is 2.13. The molecule has 0 radical (unpaired) electrons. The number of hydrogen-bond acceptors (Lipinski definition) is 4. The van der Waals surface area contributed by atoms with Crippen LogP contribution in [-0.4, -0.2) is 21.4 Å². The lowest BCUT2D eigenvalue weighted by atomic mass is 10.00. The van der Waals surface area contributed by atoms with Gasteiger partial charge in [-0.1, -0.05) is 98.8 Å². The molecule has 5 rings (SSSR count). The maximum atomic E-state index is 5.09. The molecule has 4 heteroatoms. The van der Waals surface area contributed by atoms with Crippen molar-refractivity contribution in [2.24, 2.45) is 9.98 Å². The molecule has 0 bridgehead atoms. The molecule has 0 aliphatic heterocycles. The Kier molecular flexibility index (Phi) is 8.67. The standard InChI is InChI=1S/C36H34N4/c1-4-7-18-34(27-16-12-9-13-17-27)39-25-28-21-23-37-35-29(28)19-20-31-30(22-24-38-36(31)35)33(6-3)40-32(5-2)26-14-10-8-11-15-26/h5-6,8-17,19-24H,3-4,7,18,25H2,1-2H3/b32-5-,39-34+,40-33+. The van der Waals surface area contributed by atoms with Crippen LogP contribution >= 0.6 is 0 Å². The Morgan fingerprint density at radius 2 is 1.45 bits per heavy atom. The number of allylic oxidation sites excluding steroid dienone is 2. The summed E-state index contributed by atoms with van der Waals surface area (Å²) >= 11 is 0. The summed E-state index contributed by atoms with van der Waals surface area (Å²) in [5.74, 6) is 0. The van der Waals surface area contributed by atoms with E-state index >= 15 is 0 Å². The Morgan fingerprint density at radius 3 is 2.12 bits per heavy atom. The average Bonchev–Trinajstić information content (AvgIpc) is 3.02. The SMILES string of the molecule is C=C/C(=N\C(=C/C)c1ccccc1)c1ccnc2c1ccc1c(C/N=C(\CCCC)c3ccccc3)ccnc12. The van der Waals surface area contributed by atoms with Gasteiger partial charge in [-0.25, -0.2) is 4.99 Å². The molecule has 0 saturated heterocycles. The van der Waals surface area contributed by atoms with Crippen LogP contribution in [0.15, 0.2) is 126 Å². The third-order valence-corrected chi connectivity index (χ3v) is 7.08. The fourth-order valence-electron chi connectivity index (χ4n) is 4.97. The number of benzene rings is 3. The zero-order valence-corrected chi connectivity index (χ0v) is 23.2. The Bertz CT molecular complexity index is 1710. The van der Waals surface area contributed by atoms with Crippen LogP contribution in [0.1, 0.15) is 55.4 Å². The number of nitrogens with zero attached hydrogens (tertiary/aromatic N) is 4. The van der Waals surface area contributed by atoms with Crippen molar-refractivity contribution in [3.8, 4) is 0 Å². The van der Waals surface area contributed by atoms with Gasteiger partial charge in [-0.05, 0) is 54.7 Å². The van der Waals surface area contributed by atoms with Crippen LogP contribution in [0.3, 0.4) is 0 Å². The molecular formula is C36H34N4. The number of aromatic nitrogens is 2. The quantitative estimate of drug-likeness (QED) is 0.136. The number of fused-ring (bicyclic) bond motifs is 3. The fraction of sp³-hybridized carbons (Fsp3) is 0.167. The molecule has 3 aromatic carbocycles. The van der Waals surface area contributed by atoms with Crippen LogP contribution < -0.4 is 0 Å². The Labute approximate surface area is 236 Å². The van der Waals surface area contributed by atoms with Gasteiger partial charge in [0.2, 0.25) is 0 Å². The van der Waals surface area contributed by atoms with E-state index in [1.165, 1.54) is 5.56 Å². The highest BCUT2D eigenvalue weighted by Crippen LogP contribution is 2.29. The first kappa shape index (κ1) is 26.9. The first-order valence-corrected chi connectivity index (χ1v) is 13.9. The van der Waals surface area contributed by atoms with Crippen molar-refractivity contribution in [2.45, 2.75) is 39.7 Å². The smallest absolute Gasteiger partial charge is 0.0971 e. The minimum absolute atomic E-state index is 0.596. The Balaban J connectivity index is 1.56. The number of rotatable bonds is 10. The van der Waals surface area contributed by atoms with Gasteiger partial charge in [0.05, 0.1) is 29.0 Å². The monoisotopic (exact) mass is 522 g/mol. The minimum atomic E-state index is 0.596. The van der Waals surface area contributed by atoms with E-state index in [0.717, 1.165) is 74.9 Å². The van der Waals surface area contributed by atoms with Crippen LogP contribution in [0.25, 0.3) is 27.5 Å². The van der Waals surface area contributed by atoms with E-state index in [0.29, 0.717) is 6.54 Å². The molecule has 0 unspecified atom stereocenters. The van der Waals surface area contributed by atoms with E-state index in [2.05, 4.69) is 68.1 Å². The van der Waals surface area contributed by atoms with Crippen LogP contribution in [0.4, 0.5) is 0 Å². The van der Waals surface area contributed by atoms with Gasteiger partial charge in [-0.2, -0.15) is 0 Å². The van der Waals surface area contributed by atoms with Crippen LogP contribution in [0.5, 0.6) is 0 Å². The summed E-state index contributed by atoms with van der Waals surface area (Å²) < 4.78 is 0. The largest absolute Gasteiger partial charge is 0.284 e. The van der Waals surface area contributed by atoms with E-state index in [-0.39, 0.29) is 0 Å². The lowest BCUT2D eigenvalue weighted by Gasteiger charge is -2.12. The molecule has 2 heterocycles. The lowest BCUT2D eigenvalue weighted by molar-refractivity contribution is 0.830. The molecule has 0 aliphatic carbocycles. The summed E-state index contributed by atoms with van der Waals surface area (Å²) in [5.41, 5.74) is 8.96. The van der Waals surface area contributed by atoms with Gasteiger partial charge in [0, 0.05) is 34.4 Å². The molecule has 2 aromatic heterocycles. The summed E-state index contributed by atoms with van der Waals surface area (Å²) in [7, 11) is 0. The topological polar surface area (TPSA) is 50.5 Å². The highest BCUT2D eigenvalue weighted by atomic mass is 14.8. The first-order chi connectivity index (χ1) is 19.7. The molecule has 5 aromatic rings. The summed E-state index contributed by atoms with van der Waals surface area (Å²) in [5, 5.41) is 2.07. The van der Waals surface area contributed by atoms with E-state index in [9.17, 15) is 0 Å². The third kappa shape index (κ3) is 5.81. The van der Waals surface area contributed by atoms with Crippen molar-refractivity contribution in [1.29, 1.82) is 0 Å². The van der Waals surface area contributed by atoms with Gasteiger partial charge in [0.1, 0.15) is 0 Å². The second kappa shape index (κ2) is 12.9. The maximum absolute atomic E-state index is 5.09. The van der Waals surface area contributed by atoms with Gasteiger partial charge in [0.25, 0.3) is 0 Å². The fourth-order valence-corrected chi connectivity index (χ4v) is 4.97. The Morgan fingerprint density at radius 1 is 0.800 bits per heavy atom. The normalized spacial score (nSPS) is 12.7. The van der Waals surface area contributed by atoms with E-state index in [4.69, 9.17) is 20.0 Å². The molecule has 4 nitrogen and oxygen atoms in total. The number of aliphatic imine (C=N–C) groups is 2. The average molecular weight is 523 g/mol. The van der Waals surface area contributed by atoms with Crippen molar-refractivity contribution >= 4 is 38.9 Å². The van der Waals surface area contributed by atoms with Crippen molar-refractivity contribution in [1.82, 2.24) is 9.97 Å². The van der Waals surface area contributed by atoms with Gasteiger partial charge in [-0.15, -0.1) is 0 Å². The molecule has 0 N–H and O–H groups in total. The highest BCUT2D eigenvalue weighted by molar-refractivity contribution is 6.19. The molecule has 0 spiro atoms. The summed E-state index contributed by atoms with van der Waals surface area (Å²) in [6, 6.07) is 29.0. The van der Waals surface area contributed by atoms with E-state index < -0.39 is 0 Å². The summed E-state index contributed by atoms with van der Waals surface area (Å²) in [6.07, 6.45) is 10.8. The second-order valence-corrected chi connectivity index (χ2v) is 9.66. The zero-order valence-electron chi connectivity index (χ0n) is 23.2. The molecule has 0 saturated carbocycles. The van der Waals surface area contributed by atoms with Crippen molar-refractivity contribution in [3.63, 3.8) is 0 Å². The van der Waals surface area contributed by atoms with Gasteiger partial charge in [0.15, 0.2) is 0 Å². The van der Waals surface area contributed by atoms with Crippen LogP contribution in [0, 0.1) is 0 Å². The van der Waals surface area contributed by atoms with Gasteiger partial charge < -0.3 is 0 Å². The van der Waals surface area contributed by atoms with Gasteiger partial charge in [-0.3, -0.25) is 15.0 Å². The van der Waals surface area contributed by atoms with E-state index in [1.54, 1.807) is 0 Å². The van der Waals surface area contributed by atoms with Crippen LogP contribution in [0.2, 0.25) is 0 Å². The molecule has 0 atom stereocenters. The molecule has 40 heavy (non-hydrogen) atoms. The lowest BCUT2D eigenvalue weighted by Crippen LogP contribution is -2.03. The predicted octanol–water partition coefficient (Wildman–Crippen LogP) is 9.00. The zero-order chi connectivity index (χ0) is 27.7. The molecular weight excluding hydrogens is 488 g/mol. The van der Waals surface area contributed by atoms with Crippen LogP contribution in [-0.2, 0) is 6.54 Å². The first-order valence-electron chi connectivity index (χ1n) is 13.9. The molecule has 0 fully saturated rings. The van der Waals surface area contributed by atoms with Crippen molar-refractivity contribution in [3.05, 3.63) is 138 Å². The van der Waals surface area contributed by atoms with Crippen molar-refractivity contribution < 1.29 is 0 Å². The summed E-state index contributed by atoms with van der Waals surface area (Å²) in [6.45, 7) is 8.90. The molecule has 0 amide bonds. The molecule has 198 valence electrons. The number of unbranched alkanes of at least 4 members (excludes halogenated alkanes) is 1. The maximum Gasteiger partial charge on any atom is 0.0971 e. The number of hydrogen-bond donors (Lipinski definition) is 0. The predicted molar refractivity (Wildman–Crippen MR) is 170 cm³/mol. The number of pyridine rings is 2. The van der Waals surface area contributed by atoms with Crippen molar-refractivity contribution in [2.75, 3.05) is 0 Å².